The second-order valence-corrected chi connectivity index (χ2v) is 3.21. The van der Waals surface area contributed by atoms with Gasteiger partial charge >= 0.3 is 0 Å². The van der Waals surface area contributed by atoms with Gasteiger partial charge in [0.05, 0.1) is 9.24 Å². The molecule has 1 nitrogen and oxygen atoms in total. The summed E-state index contributed by atoms with van der Waals surface area (Å²) in [4.78, 5) is 1.27. The van der Waals surface area contributed by atoms with Crippen molar-refractivity contribution in [2.75, 3.05) is 13.5 Å². The van der Waals surface area contributed by atoms with E-state index in [4.69, 9.17) is 10.5 Å². The number of nitrogens with zero attached hydrogens (tertiary/aromatic N) is 1. The molecular weight excluding hydrogens is 170 g/mol. The van der Waals surface area contributed by atoms with E-state index in [1.807, 2.05) is 30.3 Å². The Morgan fingerprint density at radius 2 is 2.21 bits per heavy atom. The summed E-state index contributed by atoms with van der Waals surface area (Å²) < 4.78 is 23.5. The topological polar surface area (TPSA) is 3.24 Å². The van der Waals surface area contributed by atoms with Crippen LogP contribution in [0.5, 0.6) is 0 Å². The van der Waals surface area contributed by atoms with E-state index in [-0.39, 0.29) is 0 Å². The SMILES string of the molecule is [2H]C([2H])(C#C)N(C)[C@]([2H])(C)Cc1ccccc1. The van der Waals surface area contributed by atoms with Crippen molar-refractivity contribution in [3.8, 4) is 12.3 Å². The van der Waals surface area contributed by atoms with Crippen LogP contribution in [-0.4, -0.2) is 24.5 Å². The zero-order chi connectivity index (χ0) is 13.1. The predicted octanol–water partition coefficient (Wildman–Crippen LogP) is 2.18. The third-order valence-corrected chi connectivity index (χ3v) is 2.11. The van der Waals surface area contributed by atoms with Crippen molar-refractivity contribution in [1.29, 1.82) is 0 Å². The van der Waals surface area contributed by atoms with Crippen molar-refractivity contribution in [3.63, 3.8) is 0 Å². The molecule has 14 heavy (non-hydrogen) atoms. The molecule has 0 aromatic heterocycles. The lowest BCUT2D eigenvalue weighted by Crippen LogP contribution is -2.31. The summed E-state index contributed by atoms with van der Waals surface area (Å²) in [6.07, 6.45) is 5.57. The molecule has 0 aliphatic carbocycles. The van der Waals surface area contributed by atoms with Gasteiger partial charge in [0.25, 0.3) is 0 Å². The molecule has 0 amide bonds. The molecule has 0 aliphatic heterocycles. The van der Waals surface area contributed by atoms with Crippen LogP contribution in [-0.2, 0) is 6.42 Å². The monoisotopic (exact) mass is 190 g/mol. The first kappa shape index (κ1) is 7.09. The van der Waals surface area contributed by atoms with E-state index in [9.17, 15) is 0 Å². The second-order valence-electron chi connectivity index (χ2n) is 3.21. The highest BCUT2D eigenvalue weighted by Gasteiger charge is 2.07. The first-order chi connectivity index (χ1) is 7.79. The standard InChI is InChI=1S/C13H17N/c1-4-10-14(3)12(2)11-13-8-6-5-7-9-13/h1,5-9,12H,10-11H2,2-3H3/t12-/m1/s1/i10D2,12D. The van der Waals surface area contributed by atoms with Crippen LogP contribution in [0.4, 0.5) is 0 Å². The number of rotatable bonds is 4. The van der Waals surface area contributed by atoms with Gasteiger partial charge in [-0.15, -0.1) is 6.42 Å². The highest BCUT2D eigenvalue weighted by molar-refractivity contribution is 5.15. The fraction of sp³-hybridized carbons (Fsp3) is 0.385. The summed E-state index contributed by atoms with van der Waals surface area (Å²) in [6, 6.07) is 8.48. The van der Waals surface area contributed by atoms with Crippen molar-refractivity contribution >= 4 is 0 Å². The lowest BCUT2D eigenvalue weighted by Gasteiger charge is -2.22. The number of terminal acetylenes is 1. The predicted molar refractivity (Wildman–Crippen MR) is 61.1 cm³/mol. The first-order valence-electron chi connectivity index (χ1n) is 6.05. The van der Waals surface area contributed by atoms with Gasteiger partial charge < -0.3 is 0 Å². The fourth-order valence-corrected chi connectivity index (χ4v) is 1.20. The number of hydrogen-bond acceptors (Lipinski definition) is 1. The largest absolute Gasteiger partial charge is 0.292 e. The van der Waals surface area contributed by atoms with Crippen molar-refractivity contribution in [2.24, 2.45) is 0 Å². The van der Waals surface area contributed by atoms with Crippen molar-refractivity contribution < 1.29 is 4.11 Å². The van der Waals surface area contributed by atoms with Crippen LogP contribution in [0.3, 0.4) is 0 Å². The molecule has 1 atom stereocenters. The van der Waals surface area contributed by atoms with E-state index in [0.29, 0.717) is 6.42 Å². The molecule has 0 heterocycles. The van der Waals surface area contributed by atoms with Gasteiger partial charge in [0.1, 0.15) is 0 Å². The lowest BCUT2D eigenvalue weighted by molar-refractivity contribution is 0.287. The maximum atomic E-state index is 8.22. The Hall–Kier alpha value is -1.26. The molecule has 1 aromatic rings. The van der Waals surface area contributed by atoms with Gasteiger partial charge in [-0.25, -0.2) is 0 Å². The van der Waals surface area contributed by atoms with Crippen LogP contribution in [0.1, 0.15) is 16.6 Å². The van der Waals surface area contributed by atoms with Crippen molar-refractivity contribution in [1.82, 2.24) is 4.90 Å². The lowest BCUT2D eigenvalue weighted by atomic mass is 10.1. The molecule has 74 valence electrons. The normalized spacial score (nSPS) is 18.9. The average Bonchev–Trinajstić information content (AvgIpc) is 2.28. The molecule has 0 saturated carbocycles. The Labute approximate surface area is 91.0 Å². The van der Waals surface area contributed by atoms with Crippen LogP contribution >= 0.6 is 0 Å². The van der Waals surface area contributed by atoms with E-state index in [1.165, 1.54) is 11.9 Å². The molecule has 1 rings (SSSR count). The van der Waals surface area contributed by atoms with E-state index in [1.54, 1.807) is 6.92 Å². The third kappa shape index (κ3) is 3.24. The van der Waals surface area contributed by atoms with Gasteiger partial charge in [0, 0.05) is 7.39 Å². The van der Waals surface area contributed by atoms with Crippen LogP contribution < -0.4 is 0 Å². The van der Waals surface area contributed by atoms with Crippen LogP contribution in [0.2, 0.25) is 0 Å². The molecule has 0 radical (unpaired) electrons. The number of benzene rings is 1. The Kier molecular flexibility index (Phi) is 2.77. The molecule has 0 aliphatic rings. The van der Waals surface area contributed by atoms with Gasteiger partial charge in [-0.2, -0.15) is 0 Å². The molecule has 0 saturated heterocycles. The molecule has 0 N–H and O–H groups in total. The third-order valence-electron chi connectivity index (χ3n) is 2.11. The fourth-order valence-electron chi connectivity index (χ4n) is 1.20. The zero-order valence-electron chi connectivity index (χ0n) is 11.6. The highest BCUT2D eigenvalue weighted by Crippen LogP contribution is 2.06. The Balaban J connectivity index is 2.86. The Morgan fingerprint density at radius 1 is 1.57 bits per heavy atom. The van der Waals surface area contributed by atoms with Crippen molar-refractivity contribution in [3.05, 3.63) is 35.9 Å². The highest BCUT2D eigenvalue weighted by atomic mass is 15.1. The maximum absolute atomic E-state index is 8.22. The molecule has 0 bridgehead atoms. The minimum atomic E-state index is -1.91. The van der Waals surface area contributed by atoms with Crippen LogP contribution in [0.15, 0.2) is 30.3 Å². The van der Waals surface area contributed by atoms with E-state index < -0.39 is 12.5 Å². The van der Waals surface area contributed by atoms with Gasteiger partial charge in [0.15, 0.2) is 0 Å². The zero-order valence-corrected chi connectivity index (χ0v) is 8.62. The molecule has 0 unspecified atom stereocenters. The number of likely N-dealkylation sites (N-methyl/N-ethyl adjacent to an activating group) is 1. The summed E-state index contributed by atoms with van der Waals surface area (Å²) in [6.45, 7) is -0.250. The van der Waals surface area contributed by atoms with Gasteiger partial charge in [-0.3, -0.25) is 4.90 Å². The smallest absolute Gasteiger partial charge is 0.0598 e. The van der Waals surface area contributed by atoms with E-state index in [0.717, 1.165) is 5.56 Å². The first-order valence-corrected chi connectivity index (χ1v) is 4.55. The Bertz CT molecular complexity index is 406. The molecule has 1 aromatic carbocycles. The van der Waals surface area contributed by atoms with Gasteiger partial charge in [0.2, 0.25) is 0 Å². The van der Waals surface area contributed by atoms with E-state index >= 15 is 0 Å². The quantitative estimate of drug-likeness (QED) is 0.658. The summed E-state index contributed by atoms with van der Waals surface area (Å²) >= 11 is 0. The molecule has 0 fully saturated rings. The minimum absolute atomic E-state index is 0.422. The van der Waals surface area contributed by atoms with Gasteiger partial charge in [-0.05, 0) is 26.0 Å². The number of hydrogen-bond donors (Lipinski definition) is 0. The Morgan fingerprint density at radius 3 is 2.79 bits per heavy atom. The minimum Gasteiger partial charge on any atom is -0.292 e. The summed E-state index contributed by atoms with van der Waals surface area (Å²) in [5.74, 6) is 2.07. The summed E-state index contributed by atoms with van der Waals surface area (Å²) in [5, 5.41) is 0. The molecular formula is C13H17N. The summed E-state index contributed by atoms with van der Waals surface area (Å²) in [5.41, 5.74) is 0.990. The maximum Gasteiger partial charge on any atom is 0.0598 e. The molecule has 1 heteroatoms. The van der Waals surface area contributed by atoms with Gasteiger partial charge in [-0.1, -0.05) is 36.3 Å². The van der Waals surface area contributed by atoms with E-state index in [2.05, 4.69) is 5.92 Å². The molecule has 0 spiro atoms. The average molecular weight is 190 g/mol. The van der Waals surface area contributed by atoms with Crippen LogP contribution in [0, 0.1) is 12.3 Å². The summed E-state index contributed by atoms with van der Waals surface area (Å²) in [7, 11) is 1.54. The van der Waals surface area contributed by atoms with Crippen LogP contribution in [0.25, 0.3) is 0 Å². The second kappa shape index (κ2) is 5.47. The van der Waals surface area contributed by atoms with Crippen molar-refractivity contribution in [2.45, 2.75) is 19.4 Å².